The number of hydrogen-bond acceptors (Lipinski definition) is 3. The number of aryl methyl sites for hydroxylation is 1. The predicted molar refractivity (Wildman–Crippen MR) is 62.7 cm³/mol. The Morgan fingerprint density at radius 1 is 1.44 bits per heavy atom. The van der Waals surface area contributed by atoms with Gasteiger partial charge in [0.25, 0.3) is 0 Å². The quantitative estimate of drug-likeness (QED) is 0.773. The Bertz CT molecular complexity index is 411. The number of hydrogen-bond donors (Lipinski definition) is 1. The van der Waals surface area contributed by atoms with E-state index in [1.54, 1.807) is 0 Å². The Hall–Kier alpha value is -1.34. The van der Waals surface area contributed by atoms with Crippen molar-refractivity contribution in [3.63, 3.8) is 0 Å². The molecule has 0 aromatic carbocycles. The van der Waals surface area contributed by atoms with Gasteiger partial charge in [-0.05, 0) is 26.7 Å². The SMILES string of the molecule is C#CC(C)(C)NCc1nnc2n1CCCC2. The summed E-state index contributed by atoms with van der Waals surface area (Å²) in [6.45, 7) is 5.70. The fraction of sp³-hybridized carbons (Fsp3) is 0.667. The zero-order valence-electron chi connectivity index (χ0n) is 9.95. The first kappa shape index (κ1) is 11.2. The number of rotatable bonds is 3. The fourth-order valence-corrected chi connectivity index (χ4v) is 1.85. The van der Waals surface area contributed by atoms with Crippen LogP contribution < -0.4 is 5.32 Å². The summed E-state index contributed by atoms with van der Waals surface area (Å²) < 4.78 is 2.21. The van der Waals surface area contributed by atoms with Crippen molar-refractivity contribution in [1.29, 1.82) is 0 Å². The third kappa shape index (κ3) is 2.25. The summed E-state index contributed by atoms with van der Waals surface area (Å²) in [7, 11) is 0. The van der Waals surface area contributed by atoms with Crippen molar-refractivity contribution in [1.82, 2.24) is 20.1 Å². The molecule has 2 rings (SSSR count). The minimum atomic E-state index is -0.291. The second-order valence-corrected chi connectivity index (χ2v) is 4.76. The smallest absolute Gasteiger partial charge is 0.147 e. The molecule has 1 N–H and O–H groups in total. The van der Waals surface area contributed by atoms with Crippen molar-refractivity contribution >= 4 is 0 Å². The molecule has 0 aliphatic carbocycles. The van der Waals surface area contributed by atoms with E-state index in [2.05, 4.69) is 26.0 Å². The summed E-state index contributed by atoms with van der Waals surface area (Å²) in [5.41, 5.74) is -0.291. The molecule has 1 aromatic rings. The van der Waals surface area contributed by atoms with E-state index in [0.717, 1.165) is 24.6 Å². The van der Waals surface area contributed by atoms with E-state index in [-0.39, 0.29) is 5.54 Å². The van der Waals surface area contributed by atoms with Gasteiger partial charge in [0, 0.05) is 13.0 Å². The average Bonchev–Trinajstić information content (AvgIpc) is 2.70. The molecule has 0 spiro atoms. The summed E-state index contributed by atoms with van der Waals surface area (Å²) in [5, 5.41) is 11.7. The van der Waals surface area contributed by atoms with Gasteiger partial charge in [0.15, 0.2) is 0 Å². The Morgan fingerprint density at radius 2 is 2.25 bits per heavy atom. The Morgan fingerprint density at radius 3 is 3.00 bits per heavy atom. The van der Waals surface area contributed by atoms with Gasteiger partial charge in [-0.25, -0.2) is 0 Å². The van der Waals surface area contributed by atoms with Gasteiger partial charge >= 0.3 is 0 Å². The molecule has 1 aromatic heterocycles. The Labute approximate surface area is 96.5 Å². The van der Waals surface area contributed by atoms with Crippen LogP contribution in [0.4, 0.5) is 0 Å². The second kappa shape index (κ2) is 4.26. The summed E-state index contributed by atoms with van der Waals surface area (Å²) in [5.74, 6) is 4.83. The van der Waals surface area contributed by atoms with E-state index in [4.69, 9.17) is 6.42 Å². The van der Waals surface area contributed by atoms with Gasteiger partial charge in [-0.1, -0.05) is 5.92 Å². The summed E-state index contributed by atoms with van der Waals surface area (Å²) in [6.07, 6.45) is 8.92. The molecule has 86 valence electrons. The zero-order valence-corrected chi connectivity index (χ0v) is 9.95. The van der Waals surface area contributed by atoms with Crippen LogP contribution in [0.25, 0.3) is 0 Å². The highest BCUT2D eigenvalue weighted by Crippen LogP contribution is 2.14. The third-order valence-electron chi connectivity index (χ3n) is 2.99. The highest BCUT2D eigenvalue weighted by molar-refractivity contribution is 5.08. The summed E-state index contributed by atoms with van der Waals surface area (Å²) in [6, 6.07) is 0. The lowest BCUT2D eigenvalue weighted by atomic mass is 10.1. The number of aromatic nitrogens is 3. The van der Waals surface area contributed by atoms with Gasteiger partial charge in [0.2, 0.25) is 0 Å². The Kier molecular flexibility index (Phi) is 2.97. The third-order valence-corrected chi connectivity index (χ3v) is 2.99. The predicted octanol–water partition coefficient (Wildman–Crippen LogP) is 1.12. The van der Waals surface area contributed by atoms with Crippen LogP contribution in [0, 0.1) is 12.3 Å². The van der Waals surface area contributed by atoms with Gasteiger partial charge in [0.1, 0.15) is 11.6 Å². The lowest BCUT2D eigenvalue weighted by molar-refractivity contribution is 0.452. The molecule has 0 saturated carbocycles. The van der Waals surface area contributed by atoms with Crippen molar-refractivity contribution in [2.45, 2.75) is 51.7 Å². The van der Waals surface area contributed by atoms with Crippen LogP contribution in [0.5, 0.6) is 0 Å². The molecule has 4 nitrogen and oxygen atoms in total. The van der Waals surface area contributed by atoms with E-state index in [1.807, 2.05) is 13.8 Å². The van der Waals surface area contributed by atoms with Crippen LogP contribution in [0.3, 0.4) is 0 Å². The van der Waals surface area contributed by atoms with Crippen molar-refractivity contribution < 1.29 is 0 Å². The lowest BCUT2D eigenvalue weighted by Gasteiger charge is -2.20. The van der Waals surface area contributed by atoms with Gasteiger partial charge in [-0.3, -0.25) is 5.32 Å². The highest BCUT2D eigenvalue weighted by atomic mass is 15.3. The molecule has 4 heteroatoms. The maximum Gasteiger partial charge on any atom is 0.147 e. The molecular weight excluding hydrogens is 200 g/mol. The van der Waals surface area contributed by atoms with Crippen LogP contribution >= 0.6 is 0 Å². The number of nitrogens with zero attached hydrogens (tertiary/aromatic N) is 3. The molecule has 0 bridgehead atoms. The molecule has 0 fully saturated rings. The number of terminal acetylenes is 1. The molecule has 0 radical (unpaired) electrons. The highest BCUT2D eigenvalue weighted by Gasteiger charge is 2.18. The van der Waals surface area contributed by atoms with E-state index >= 15 is 0 Å². The summed E-state index contributed by atoms with van der Waals surface area (Å²) in [4.78, 5) is 0. The van der Waals surface area contributed by atoms with Crippen molar-refractivity contribution in [3.8, 4) is 12.3 Å². The number of nitrogens with one attached hydrogen (secondary N) is 1. The van der Waals surface area contributed by atoms with Crippen LogP contribution in [-0.4, -0.2) is 20.3 Å². The first-order valence-electron chi connectivity index (χ1n) is 5.76. The molecule has 1 aliphatic heterocycles. The van der Waals surface area contributed by atoms with E-state index < -0.39 is 0 Å². The molecular formula is C12H18N4. The minimum Gasteiger partial charge on any atom is -0.314 e. The molecule has 2 heterocycles. The van der Waals surface area contributed by atoms with Gasteiger partial charge in [-0.15, -0.1) is 16.6 Å². The minimum absolute atomic E-state index is 0.291. The maximum atomic E-state index is 5.43. The second-order valence-electron chi connectivity index (χ2n) is 4.76. The van der Waals surface area contributed by atoms with Gasteiger partial charge < -0.3 is 4.57 Å². The topological polar surface area (TPSA) is 42.7 Å². The Balaban J connectivity index is 2.06. The fourth-order valence-electron chi connectivity index (χ4n) is 1.85. The van der Waals surface area contributed by atoms with Crippen LogP contribution in [0.1, 0.15) is 38.3 Å². The van der Waals surface area contributed by atoms with Gasteiger partial charge in [0.05, 0.1) is 12.1 Å². The van der Waals surface area contributed by atoms with Crippen molar-refractivity contribution in [3.05, 3.63) is 11.6 Å². The maximum absolute atomic E-state index is 5.43. The molecule has 0 unspecified atom stereocenters. The monoisotopic (exact) mass is 218 g/mol. The average molecular weight is 218 g/mol. The standard InChI is InChI=1S/C12H18N4/c1-4-12(2,3)13-9-11-15-14-10-7-5-6-8-16(10)11/h1,13H,5-9H2,2-3H3. The molecule has 16 heavy (non-hydrogen) atoms. The summed E-state index contributed by atoms with van der Waals surface area (Å²) >= 11 is 0. The molecule has 0 atom stereocenters. The molecule has 1 aliphatic rings. The van der Waals surface area contributed by atoms with Crippen LogP contribution in [0.15, 0.2) is 0 Å². The normalized spacial score (nSPS) is 15.6. The largest absolute Gasteiger partial charge is 0.314 e. The van der Waals surface area contributed by atoms with E-state index in [9.17, 15) is 0 Å². The lowest BCUT2D eigenvalue weighted by Crippen LogP contribution is -2.37. The number of fused-ring (bicyclic) bond motifs is 1. The van der Waals surface area contributed by atoms with Crippen LogP contribution in [0.2, 0.25) is 0 Å². The van der Waals surface area contributed by atoms with E-state index in [0.29, 0.717) is 6.54 Å². The first-order valence-corrected chi connectivity index (χ1v) is 5.76. The first-order chi connectivity index (χ1) is 7.62. The zero-order chi connectivity index (χ0) is 11.6. The van der Waals surface area contributed by atoms with Crippen molar-refractivity contribution in [2.75, 3.05) is 0 Å². The molecule has 0 amide bonds. The van der Waals surface area contributed by atoms with Crippen LogP contribution in [-0.2, 0) is 19.5 Å². The molecule has 0 saturated heterocycles. The van der Waals surface area contributed by atoms with Crippen molar-refractivity contribution in [2.24, 2.45) is 0 Å². The van der Waals surface area contributed by atoms with E-state index in [1.165, 1.54) is 12.8 Å². The van der Waals surface area contributed by atoms with Gasteiger partial charge in [-0.2, -0.15) is 0 Å².